The van der Waals surface area contributed by atoms with Gasteiger partial charge in [0, 0.05) is 25.0 Å². The van der Waals surface area contributed by atoms with E-state index in [9.17, 15) is 4.79 Å². The highest BCUT2D eigenvalue weighted by Gasteiger charge is 2.30. The second-order valence-electron chi connectivity index (χ2n) is 5.28. The van der Waals surface area contributed by atoms with Crippen LogP contribution in [0.5, 0.6) is 0 Å². The molecule has 0 bridgehead atoms. The third kappa shape index (κ3) is 3.95. The van der Waals surface area contributed by atoms with Crippen molar-refractivity contribution in [1.82, 2.24) is 9.80 Å². The Morgan fingerprint density at radius 3 is 2.67 bits per heavy atom. The SMILES string of the molecule is CCN(CC)C1CCN(C(=O)C(C)CCCN)C1. The number of carbonyl (C=O) groups is 1. The minimum Gasteiger partial charge on any atom is -0.341 e. The lowest BCUT2D eigenvalue weighted by atomic mass is 10.0. The van der Waals surface area contributed by atoms with Gasteiger partial charge in [0.15, 0.2) is 0 Å². The summed E-state index contributed by atoms with van der Waals surface area (Å²) >= 11 is 0. The molecule has 0 aromatic heterocycles. The molecule has 1 aliphatic rings. The van der Waals surface area contributed by atoms with Gasteiger partial charge in [0.25, 0.3) is 0 Å². The third-order valence-electron chi connectivity index (χ3n) is 4.07. The van der Waals surface area contributed by atoms with Gasteiger partial charge in [0.05, 0.1) is 0 Å². The summed E-state index contributed by atoms with van der Waals surface area (Å²) in [7, 11) is 0. The standard InChI is InChI=1S/C14H29N3O/c1-4-16(5-2)13-8-10-17(11-13)14(18)12(3)7-6-9-15/h12-13H,4-11,15H2,1-3H3. The molecule has 1 fully saturated rings. The largest absolute Gasteiger partial charge is 0.341 e. The molecule has 0 spiro atoms. The summed E-state index contributed by atoms with van der Waals surface area (Å²) in [6, 6.07) is 0.561. The van der Waals surface area contributed by atoms with Crippen LogP contribution in [0.15, 0.2) is 0 Å². The van der Waals surface area contributed by atoms with Crippen LogP contribution in [0.2, 0.25) is 0 Å². The predicted octanol–water partition coefficient (Wildman–Crippen LogP) is 1.30. The first-order valence-electron chi connectivity index (χ1n) is 7.36. The van der Waals surface area contributed by atoms with Gasteiger partial charge in [0.1, 0.15) is 0 Å². The topological polar surface area (TPSA) is 49.6 Å². The van der Waals surface area contributed by atoms with Gasteiger partial charge in [-0.3, -0.25) is 9.69 Å². The summed E-state index contributed by atoms with van der Waals surface area (Å²) in [4.78, 5) is 16.8. The van der Waals surface area contributed by atoms with Gasteiger partial charge in [-0.1, -0.05) is 20.8 Å². The van der Waals surface area contributed by atoms with Crippen LogP contribution in [0.25, 0.3) is 0 Å². The Morgan fingerprint density at radius 2 is 2.11 bits per heavy atom. The maximum atomic E-state index is 12.3. The highest BCUT2D eigenvalue weighted by atomic mass is 16.2. The van der Waals surface area contributed by atoms with E-state index in [1.165, 1.54) is 0 Å². The van der Waals surface area contributed by atoms with E-state index in [1.54, 1.807) is 0 Å². The number of likely N-dealkylation sites (N-methyl/N-ethyl adjacent to an activating group) is 1. The molecule has 0 aliphatic carbocycles. The van der Waals surface area contributed by atoms with E-state index in [-0.39, 0.29) is 5.92 Å². The molecular formula is C14H29N3O. The fourth-order valence-electron chi connectivity index (χ4n) is 2.84. The molecule has 0 saturated carbocycles. The van der Waals surface area contributed by atoms with E-state index in [0.29, 0.717) is 18.5 Å². The van der Waals surface area contributed by atoms with Gasteiger partial charge in [-0.2, -0.15) is 0 Å². The number of amides is 1. The molecule has 2 atom stereocenters. The number of nitrogens with zero attached hydrogens (tertiary/aromatic N) is 2. The molecular weight excluding hydrogens is 226 g/mol. The van der Waals surface area contributed by atoms with Crippen LogP contribution in [0.4, 0.5) is 0 Å². The third-order valence-corrected chi connectivity index (χ3v) is 4.07. The highest BCUT2D eigenvalue weighted by Crippen LogP contribution is 2.19. The van der Waals surface area contributed by atoms with Crippen molar-refractivity contribution >= 4 is 5.91 Å². The number of nitrogens with two attached hydrogens (primary N) is 1. The van der Waals surface area contributed by atoms with Crippen LogP contribution in [0.1, 0.15) is 40.0 Å². The van der Waals surface area contributed by atoms with Crippen molar-refractivity contribution in [3.63, 3.8) is 0 Å². The zero-order chi connectivity index (χ0) is 13.5. The number of rotatable bonds is 7. The fourth-order valence-corrected chi connectivity index (χ4v) is 2.84. The molecule has 0 aromatic carbocycles. The molecule has 1 amide bonds. The molecule has 18 heavy (non-hydrogen) atoms. The van der Waals surface area contributed by atoms with E-state index in [4.69, 9.17) is 5.73 Å². The first-order valence-corrected chi connectivity index (χ1v) is 7.36. The number of hydrogen-bond acceptors (Lipinski definition) is 3. The predicted molar refractivity (Wildman–Crippen MR) is 75.4 cm³/mol. The van der Waals surface area contributed by atoms with E-state index in [0.717, 1.165) is 45.4 Å². The van der Waals surface area contributed by atoms with Crippen molar-refractivity contribution in [2.24, 2.45) is 11.7 Å². The summed E-state index contributed by atoms with van der Waals surface area (Å²) in [5, 5.41) is 0. The van der Waals surface area contributed by atoms with Crippen LogP contribution in [0, 0.1) is 5.92 Å². The van der Waals surface area contributed by atoms with Crippen LogP contribution in [0.3, 0.4) is 0 Å². The molecule has 1 rings (SSSR count). The Labute approximate surface area is 111 Å². The average Bonchev–Trinajstić information content (AvgIpc) is 2.86. The molecule has 1 heterocycles. The van der Waals surface area contributed by atoms with Gasteiger partial charge in [-0.15, -0.1) is 0 Å². The smallest absolute Gasteiger partial charge is 0.225 e. The van der Waals surface area contributed by atoms with Crippen molar-refractivity contribution < 1.29 is 4.79 Å². The molecule has 4 heteroatoms. The molecule has 0 radical (unpaired) electrons. The lowest BCUT2D eigenvalue weighted by Gasteiger charge is -2.27. The van der Waals surface area contributed by atoms with E-state index < -0.39 is 0 Å². The van der Waals surface area contributed by atoms with Crippen LogP contribution in [-0.4, -0.2) is 54.5 Å². The van der Waals surface area contributed by atoms with Crippen molar-refractivity contribution in [2.75, 3.05) is 32.7 Å². The summed E-state index contributed by atoms with van der Waals surface area (Å²) in [6.45, 7) is 11.1. The minimum atomic E-state index is 0.129. The maximum absolute atomic E-state index is 12.3. The van der Waals surface area contributed by atoms with E-state index >= 15 is 0 Å². The summed E-state index contributed by atoms with van der Waals surface area (Å²) in [5.74, 6) is 0.446. The van der Waals surface area contributed by atoms with Gasteiger partial charge in [-0.05, 0) is 38.9 Å². The Kier molecular flexibility index (Phi) is 6.65. The first-order chi connectivity index (χ1) is 8.63. The Morgan fingerprint density at radius 1 is 1.44 bits per heavy atom. The number of carbonyl (C=O) groups excluding carboxylic acids is 1. The Hall–Kier alpha value is -0.610. The van der Waals surface area contributed by atoms with Crippen LogP contribution >= 0.6 is 0 Å². The summed E-state index contributed by atoms with van der Waals surface area (Å²) in [6.07, 6.45) is 2.99. The van der Waals surface area contributed by atoms with Gasteiger partial charge in [0.2, 0.25) is 5.91 Å². The Balaban J connectivity index is 2.43. The van der Waals surface area contributed by atoms with E-state index in [1.807, 2.05) is 11.8 Å². The normalized spacial score (nSPS) is 21.6. The molecule has 1 aliphatic heterocycles. The van der Waals surface area contributed by atoms with Gasteiger partial charge < -0.3 is 10.6 Å². The maximum Gasteiger partial charge on any atom is 0.225 e. The van der Waals surface area contributed by atoms with E-state index in [2.05, 4.69) is 18.7 Å². The quantitative estimate of drug-likeness (QED) is 0.746. The molecule has 1 saturated heterocycles. The monoisotopic (exact) mass is 255 g/mol. The van der Waals surface area contributed by atoms with Crippen molar-refractivity contribution in [2.45, 2.75) is 46.1 Å². The molecule has 2 N–H and O–H groups in total. The fraction of sp³-hybridized carbons (Fsp3) is 0.929. The summed E-state index contributed by atoms with van der Waals surface area (Å²) < 4.78 is 0. The number of likely N-dealkylation sites (tertiary alicyclic amines) is 1. The lowest BCUT2D eigenvalue weighted by molar-refractivity contribution is -0.134. The van der Waals surface area contributed by atoms with Crippen molar-refractivity contribution in [3.05, 3.63) is 0 Å². The second kappa shape index (κ2) is 7.74. The first kappa shape index (κ1) is 15.4. The Bertz CT molecular complexity index is 253. The van der Waals surface area contributed by atoms with Crippen molar-refractivity contribution in [3.8, 4) is 0 Å². The zero-order valence-electron chi connectivity index (χ0n) is 12.2. The van der Waals surface area contributed by atoms with Crippen LogP contribution < -0.4 is 5.73 Å². The van der Waals surface area contributed by atoms with Gasteiger partial charge >= 0.3 is 0 Å². The summed E-state index contributed by atoms with van der Waals surface area (Å²) in [5.41, 5.74) is 5.50. The lowest BCUT2D eigenvalue weighted by Crippen LogP contribution is -2.40. The highest BCUT2D eigenvalue weighted by molar-refractivity contribution is 5.78. The number of hydrogen-bond donors (Lipinski definition) is 1. The van der Waals surface area contributed by atoms with Gasteiger partial charge in [-0.25, -0.2) is 0 Å². The average molecular weight is 255 g/mol. The molecule has 4 nitrogen and oxygen atoms in total. The molecule has 106 valence electrons. The second-order valence-corrected chi connectivity index (χ2v) is 5.28. The molecule has 2 unspecified atom stereocenters. The zero-order valence-corrected chi connectivity index (χ0v) is 12.2. The van der Waals surface area contributed by atoms with Crippen molar-refractivity contribution in [1.29, 1.82) is 0 Å². The minimum absolute atomic E-state index is 0.129. The van der Waals surface area contributed by atoms with Crippen LogP contribution in [-0.2, 0) is 4.79 Å². The molecule has 0 aromatic rings.